The van der Waals surface area contributed by atoms with Crippen LogP contribution in [0.2, 0.25) is 0 Å². The zero-order valence-corrected chi connectivity index (χ0v) is 20.4. The van der Waals surface area contributed by atoms with E-state index in [1.165, 1.54) is 21.3 Å². The molecule has 0 aromatic heterocycles. The van der Waals surface area contributed by atoms with Crippen LogP contribution in [0.15, 0.2) is 72.8 Å². The zero-order chi connectivity index (χ0) is 25.2. The Bertz CT molecular complexity index is 951. The molecule has 0 radical (unpaired) electrons. The first-order valence-electron chi connectivity index (χ1n) is 10.2. The topological polar surface area (TPSA) is 81.7 Å². The van der Waals surface area contributed by atoms with Gasteiger partial charge in [0.25, 0.3) is 0 Å². The second-order valence-electron chi connectivity index (χ2n) is 6.29. The lowest BCUT2D eigenvalue weighted by atomic mass is 10.2. The Kier molecular flexibility index (Phi) is 14.0. The molecule has 0 atom stereocenters. The lowest BCUT2D eigenvalue weighted by Crippen LogP contribution is -2.03. The first-order valence-corrected chi connectivity index (χ1v) is 10.2. The van der Waals surface area contributed by atoms with Gasteiger partial charge >= 0.3 is 5.97 Å². The number of ether oxygens (including phenoxy) is 5. The predicted molar refractivity (Wildman–Crippen MR) is 129 cm³/mol. The first-order chi connectivity index (χ1) is 16.6. The molecule has 34 heavy (non-hydrogen) atoms. The Morgan fingerprint density at radius 1 is 0.588 bits per heavy atom. The number of methoxy groups -OCH3 is 5. The highest BCUT2D eigenvalue weighted by atomic mass is 17.2. The molecule has 0 bridgehead atoms. The van der Waals surface area contributed by atoms with Crippen molar-refractivity contribution in [1.82, 2.24) is 0 Å². The van der Waals surface area contributed by atoms with Gasteiger partial charge in [-0.05, 0) is 30.3 Å². The van der Waals surface area contributed by atoms with Crippen molar-refractivity contribution in [2.45, 2.75) is 6.61 Å². The van der Waals surface area contributed by atoms with E-state index < -0.39 is 0 Å². The molecule has 0 saturated heterocycles. The molecule has 8 heteroatoms. The second kappa shape index (κ2) is 16.8. The lowest BCUT2D eigenvalue weighted by Gasteiger charge is -2.06. The Labute approximate surface area is 200 Å². The molecule has 0 saturated carbocycles. The van der Waals surface area contributed by atoms with E-state index >= 15 is 0 Å². The molecule has 0 spiro atoms. The van der Waals surface area contributed by atoms with Gasteiger partial charge in [0.15, 0.2) is 11.5 Å². The van der Waals surface area contributed by atoms with Crippen molar-refractivity contribution in [2.24, 2.45) is 0 Å². The van der Waals surface area contributed by atoms with Crippen molar-refractivity contribution in [3.05, 3.63) is 83.9 Å². The maximum absolute atomic E-state index is 11.1. The van der Waals surface area contributed by atoms with Gasteiger partial charge in [-0.25, -0.2) is 14.6 Å². The molecule has 0 aliphatic carbocycles. The molecule has 0 unspecified atom stereocenters. The second-order valence-corrected chi connectivity index (χ2v) is 6.29. The van der Waals surface area contributed by atoms with E-state index in [1.807, 2.05) is 48.5 Å². The van der Waals surface area contributed by atoms with Gasteiger partial charge in [0.2, 0.25) is 0 Å². The number of carbonyl (C=O) groups excluding carboxylic acids is 1. The third kappa shape index (κ3) is 9.40. The van der Waals surface area contributed by atoms with Crippen molar-refractivity contribution < 1.29 is 38.3 Å². The number of carbonyl (C=O) groups is 1. The number of hydrogen-bond donors (Lipinski definition) is 0. The Morgan fingerprint density at radius 3 is 1.50 bits per heavy atom. The summed E-state index contributed by atoms with van der Waals surface area (Å²) in [6.45, 7) is 0.403. The average Bonchev–Trinajstić information content (AvgIpc) is 2.92. The van der Waals surface area contributed by atoms with Gasteiger partial charge in [-0.15, -0.1) is 0 Å². The summed E-state index contributed by atoms with van der Waals surface area (Å²) < 4.78 is 24.7. The number of esters is 1. The van der Waals surface area contributed by atoms with E-state index in [9.17, 15) is 4.79 Å². The Hall–Kier alpha value is -3.75. The lowest BCUT2D eigenvalue weighted by molar-refractivity contribution is -0.282. The van der Waals surface area contributed by atoms with Crippen molar-refractivity contribution in [3.8, 4) is 23.0 Å². The SMILES string of the molecule is COC(=O)c1ccccc1OC.COOCc1ccccc1OC.COc1ccccc1OC. The number of rotatable bonds is 8. The quantitative estimate of drug-likeness (QED) is 0.259. The van der Waals surface area contributed by atoms with Crippen LogP contribution in [0.5, 0.6) is 23.0 Å². The van der Waals surface area contributed by atoms with Crippen LogP contribution in [0.3, 0.4) is 0 Å². The van der Waals surface area contributed by atoms with E-state index in [0.29, 0.717) is 17.9 Å². The highest BCUT2D eigenvalue weighted by molar-refractivity contribution is 5.92. The zero-order valence-electron chi connectivity index (χ0n) is 20.4. The van der Waals surface area contributed by atoms with E-state index in [2.05, 4.69) is 9.62 Å². The van der Waals surface area contributed by atoms with Crippen LogP contribution in [0.1, 0.15) is 15.9 Å². The molecular formula is C26H32O8. The van der Waals surface area contributed by atoms with Crippen LogP contribution >= 0.6 is 0 Å². The summed E-state index contributed by atoms with van der Waals surface area (Å²) in [6.07, 6.45) is 0. The van der Waals surface area contributed by atoms with Crippen LogP contribution in [0.4, 0.5) is 0 Å². The van der Waals surface area contributed by atoms with Gasteiger partial charge in [0, 0.05) is 5.56 Å². The van der Waals surface area contributed by atoms with Crippen LogP contribution in [0, 0.1) is 0 Å². The van der Waals surface area contributed by atoms with Crippen molar-refractivity contribution in [2.75, 3.05) is 42.7 Å². The predicted octanol–water partition coefficient (Wildman–Crippen LogP) is 4.96. The highest BCUT2D eigenvalue weighted by Crippen LogP contribution is 2.24. The fraction of sp³-hybridized carbons (Fsp3) is 0.269. The fourth-order valence-electron chi connectivity index (χ4n) is 2.66. The van der Waals surface area contributed by atoms with E-state index in [-0.39, 0.29) is 5.97 Å². The molecule has 0 aliphatic rings. The third-order valence-corrected chi connectivity index (χ3v) is 4.33. The minimum absolute atomic E-state index is 0.382. The van der Waals surface area contributed by atoms with Crippen molar-refractivity contribution in [3.63, 3.8) is 0 Å². The number of hydrogen-bond acceptors (Lipinski definition) is 8. The van der Waals surface area contributed by atoms with Crippen molar-refractivity contribution in [1.29, 1.82) is 0 Å². The standard InChI is InChI=1S/C9H12O3.C9H10O3.C8H10O2/c1-10-9-6-4-3-5-8(9)7-12-11-2;1-11-8-6-4-3-5-7(8)9(10)12-2;1-9-7-5-3-4-6-8(7)10-2/h3-6H,7H2,1-2H3;3-6H,1-2H3;3-6H,1-2H3. The van der Waals surface area contributed by atoms with Gasteiger partial charge in [0.05, 0.1) is 42.7 Å². The van der Waals surface area contributed by atoms with Gasteiger partial charge in [-0.2, -0.15) is 0 Å². The normalized spacial score (nSPS) is 9.35. The summed E-state index contributed by atoms with van der Waals surface area (Å²) in [7, 11) is 9.22. The van der Waals surface area contributed by atoms with Crippen LogP contribution in [-0.2, 0) is 21.1 Å². The van der Waals surface area contributed by atoms with Gasteiger partial charge in [-0.3, -0.25) is 0 Å². The summed E-state index contributed by atoms with van der Waals surface area (Å²) >= 11 is 0. The molecule has 0 fully saturated rings. The minimum atomic E-state index is -0.382. The van der Waals surface area contributed by atoms with Crippen LogP contribution in [-0.4, -0.2) is 48.6 Å². The van der Waals surface area contributed by atoms with Crippen molar-refractivity contribution >= 4 is 5.97 Å². The molecule has 0 aliphatic heterocycles. The molecule has 3 rings (SSSR count). The maximum atomic E-state index is 11.1. The largest absolute Gasteiger partial charge is 0.496 e. The smallest absolute Gasteiger partial charge is 0.341 e. The number of para-hydroxylation sites is 4. The van der Waals surface area contributed by atoms with Gasteiger partial charge in [-0.1, -0.05) is 42.5 Å². The molecule has 8 nitrogen and oxygen atoms in total. The summed E-state index contributed by atoms with van der Waals surface area (Å²) in [5.74, 6) is 2.50. The van der Waals surface area contributed by atoms with E-state index in [4.69, 9.17) is 23.8 Å². The molecular weight excluding hydrogens is 440 g/mol. The third-order valence-electron chi connectivity index (χ3n) is 4.33. The molecule has 0 heterocycles. The van der Waals surface area contributed by atoms with Gasteiger partial charge < -0.3 is 23.7 Å². The van der Waals surface area contributed by atoms with Gasteiger partial charge in [0.1, 0.15) is 23.7 Å². The maximum Gasteiger partial charge on any atom is 0.341 e. The summed E-state index contributed by atoms with van der Waals surface area (Å²) in [6, 6.07) is 22.1. The first kappa shape index (κ1) is 28.3. The summed E-state index contributed by atoms with van der Waals surface area (Å²) in [5, 5.41) is 0. The molecule has 3 aromatic carbocycles. The number of benzene rings is 3. The Morgan fingerprint density at radius 2 is 1.03 bits per heavy atom. The summed E-state index contributed by atoms with van der Waals surface area (Å²) in [5.41, 5.74) is 1.42. The monoisotopic (exact) mass is 472 g/mol. The molecule has 3 aromatic rings. The van der Waals surface area contributed by atoms with E-state index in [1.54, 1.807) is 45.6 Å². The Balaban J connectivity index is 0.000000256. The molecule has 0 amide bonds. The average molecular weight is 473 g/mol. The van der Waals surface area contributed by atoms with Crippen LogP contribution in [0.25, 0.3) is 0 Å². The van der Waals surface area contributed by atoms with E-state index in [0.717, 1.165) is 22.8 Å². The highest BCUT2D eigenvalue weighted by Gasteiger charge is 2.10. The fourth-order valence-corrected chi connectivity index (χ4v) is 2.66. The van der Waals surface area contributed by atoms with Crippen LogP contribution < -0.4 is 18.9 Å². The molecule has 184 valence electrons. The summed E-state index contributed by atoms with van der Waals surface area (Å²) in [4.78, 5) is 20.4. The minimum Gasteiger partial charge on any atom is -0.496 e. The molecule has 0 N–H and O–H groups in total.